The highest BCUT2D eigenvalue weighted by Crippen LogP contribution is 2.71. The molecule has 4 N–H and O–H groups in total. The van der Waals surface area contributed by atoms with Gasteiger partial charge in [0.2, 0.25) is 0 Å². The van der Waals surface area contributed by atoms with Crippen LogP contribution in [-0.4, -0.2) is 63.6 Å². The van der Waals surface area contributed by atoms with Crippen molar-refractivity contribution in [1.82, 2.24) is 9.88 Å². The molecule has 1 aromatic heterocycles. The maximum Gasteiger partial charge on any atom is 0.123 e. The van der Waals surface area contributed by atoms with Gasteiger partial charge in [-0.2, -0.15) is 0 Å². The summed E-state index contributed by atoms with van der Waals surface area (Å²) < 4.78 is 7.33. The molecule has 2 fully saturated rings. The van der Waals surface area contributed by atoms with Crippen molar-refractivity contribution in [2.45, 2.75) is 75.9 Å². The van der Waals surface area contributed by atoms with E-state index >= 15 is 0 Å². The van der Waals surface area contributed by atoms with E-state index in [0.29, 0.717) is 12.2 Å². The molecule has 7 atom stereocenters. The second kappa shape index (κ2) is 7.57. The van der Waals surface area contributed by atoms with Crippen molar-refractivity contribution >= 4 is 22.2 Å². The van der Waals surface area contributed by atoms with Gasteiger partial charge >= 0.3 is 0 Å². The van der Waals surface area contributed by atoms with Crippen LogP contribution in [0.5, 0.6) is 0 Å². The number of aromatic nitrogens is 1. The number of aliphatic hydroxyl groups excluding tert-OH is 2. The molecule has 6 nitrogen and oxygen atoms in total. The number of nitrogens with two attached hydrogens (primary N) is 1. The first-order chi connectivity index (χ1) is 17.9. The van der Waals surface area contributed by atoms with Gasteiger partial charge in [-0.15, -0.1) is 0 Å². The molecule has 6 heteroatoms. The van der Waals surface area contributed by atoms with Crippen LogP contribution in [0.25, 0.3) is 16.3 Å². The second-order valence-corrected chi connectivity index (χ2v) is 13.4. The first-order valence-electron chi connectivity index (χ1n) is 14.0. The minimum Gasteiger partial charge on any atom is -0.388 e. The van der Waals surface area contributed by atoms with Crippen LogP contribution in [0.1, 0.15) is 52.0 Å². The third kappa shape index (κ3) is 2.90. The van der Waals surface area contributed by atoms with Gasteiger partial charge in [0.25, 0.3) is 0 Å². The molecule has 3 aliphatic carbocycles. The Morgan fingerprint density at radius 2 is 1.87 bits per heavy atom. The minimum atomic E-state index is -0.915. The number of fused-ring (bicyclic) bond motifs is 2. The van der Waals surface area contributed by atoms with Gasteiger partial charge in [0.1, 0.15) is 11.9 Å². The van der Waals surface area contributed by atoms with E-state index < -0.39 is 23.4 Å². The molecule has 2 spiro atoms. The fourth-order valence-corrected chi connectivity index (χ4v) is 8.84. The van der Waals surface area contributed by atoms with E-state index in [4.69, 9.17) is 10.5 Å². The maximum absolute atomic E-state index is 11.3. The third-order valence-electron chi connectivity index (χ3n) is 11.1. The summed E-state index contributed by atoms with van der Waals surface area (Å²) in [6.45, 7) is 7.11. The van der Waals surface area contributed by atoms with Gasteiger partial charge in [-0.05, 0) is 85.0 Å². The summed E-state index contributed by atoms with van der Waals surface area (Å²) >= 11 is 0. The summed E-state index contributed by atoms with van der Waals surface area (Å²) in [5, 5.41) is 24.5. The summed E-state index contributed by atoms with van der Waals surface area (Å²) in [5.41, 5.74) is 9.48. The number of rotatable bonds is 2. The average molecular weight is 514 g/mol. The number of nitrogen functional groups attached to an aromatic ring is 1. The third-order valence-corrected chi connectivity index (χ3v) is 11.1. The average Bonchev–Trinajstić information content (AvgIpc) is 3.39. The first-order valence-corrected chi connectivity index (χ1v) is 14.0. The molecule has 200 valence electrons. The molecule has 1 unspecified atom stereocenters. The zero-order chi connectivity index (χ0) is 26.8. The number of hydrogen-bond donors (Lipinski definition) is 3. The zero-order valence-corrected chi connectivity index (χ0v) is 23.0. The van der Waals surface area contributed by atoms with Gasteiger partial charge in [0.15, 0.2) is 0 Å². The topological polar surface area (TPSA) is 91.8 Å². The number of ether oxygens (including phenoxy) is 1. The molecule has 1 aromatic carbocycles. The van der Waals surface area contributed by atoms with Crippen LogP contribution in [0, 0.1) is 16.7 Å². The van der Waals surface area contributed by atoms with Crippen LogP contribution < -0.4 is 5.73 Å². The number of likely N-dealkylation sites (N-methyl/N-ethyl adjacent to an activating group) is 1. The Labute approximate surface area is 224 Å². The Morgan fingerprint density at radius 3 is 2.63 bits per heavy atom. The molecule has 2 aromatic rings. The standard InChI is InChI=1S/C32H39N3O3/c1-29(2)15-21-14-23-27(36)28(37)24(35(4)5)16-31(23)10-11-32(21,38-31)25-9-8-22(30(25,29)3)18-6-7-19-17-34-26(33)13-20(19)12-18/h6-8,12-15,17,24-25,27-28,36-37H,9-11,16H2,1-5H3,(H2,33,34)/t24-,25?,27+,28+,30+,31+,32+/m0/s1. The predicted octanol–water partition coefficient (Wildman–Crippen LogP) is 4.48. The van der Waals surface area contributed by atoms with Crippen molar-refractivity contribution in [1.29, 1.82) is 0 Å². The largest absolute Gasteiger partial charge is 0.388 e. The summed E-state index contributed by atoms with van der Waals surface area (Å²) in [6.07, 6.45) is 10.6. The summed E-state index contributed by atoms with van der Waals surface area (Å²) in [6, 6.07) is 8.44. The molecule has 3 heterocycles. The molecule has 7 rings (SSSR count). The number of pyridine rings is 1. The van der Waals surface area contributed by atoms with E-state index in [-0.39, 0.29) is 22.8 Å². The smallest absolute Gasteiger partial charge is 0.123 e. The molecule has 1 saturated carbocycles. The SMILES string of the molecule is CN(C)[C@H]1C[C@@]23CC[C@@]4(O2)C(=CC(C)(C)[C@]2(C)C(c5ccc6cnc(N)cc6c5)=CCC42)C=C3[C@@H](O)[C@@H]1O. The van der Waals surface area contributed by atoms with Gasteiger partial charge in [0, 0.05) is 29.0 Å². The van der Waals surface area contributed by atoms with Crippen LogP contribution >= 0.6 is 0 Å². The normalized spacial score (nSPS) is 40.8. The Bertz CT molecular complexity index is 1460. The van der Waals surface area contributed by atoms with Crippen LogP contribution in [0.15, 0.2) is 59.8 Å². The van der Waals surface area contributed by atoms with Crippen molar-refractivity contribution in [3.8, 4) is 0 Å². The van der Waals surface area contributed by atoms with Crippen LogP contribution in [0.3, 0.4) is 0 Å². The van der Waals surface area contributed by atoms with Gasteiger partial charge in [-0.3, -0.25) is 0 Å². The van der Waals surface area contributed by atoms with E-state index in [1.54, 1.807) is 0 Å². The lowest BCUT2D eigenvalue weighted by Gasteiger charge is -2.60. The predicted molar refractivity (Wildman–Crippen MR) is 150 cm³/mol. The van der Waals surface area contributed by atoms with Gasteiger partial charge in [0.05, 0.1) is 17.3 Å². The summed E-state index contributed by atoms with van der Waals surface area (Å²) in [5.74, 6) is 0.811. The highest BCUT2D eigenvalue weighted by molar-refractivity contribution is 5.88. The van der Waals surface area contributed by atoms with Crippen molar-refractivity contribution in [3.05, 3.63) is 65.4 Å². The minimum absolute atomic E-state index is 0.145. The highest BCUT2D eigenvalue weighted by atomic mass is 16.5. The van der Waals surface area contributed by atoms with E-state index in [0.717, 1.165) is 35.6 Å². The van der Waals surface area contributed by atoms with Crippen LogP contribution in [-0.2, 0) is 4.74 Å². The molecule has 2 aliphatic heterocycles. The molecule has 0 radical (unpaired) electrons. The number of nitrogens with zero attached hydrogens (tertiary/aromatic N) is 2. The van der Waals surface area contributed by atoms with Crippen molar-refractivity contribution in [3.63, 3.8) is 0 Å². The molecular weight excluding hydrogens is 474 g/mol. The number of anilines is 1. The van der Waals surface area contributed by atoms with Crippen LogP contribution in [0.4, 0.5) is 5.82 Å². The Morgan fingerprint density at radius 1 is 1.08 bits per heavy atom. The number of hydrogen-bond acceptors (Lipinski definition) is 6. The molecule has 38 heavy (non-hydrogen) atoms. The maximum atomic E-state index is 11.3. The molecular formula is C32H39N3O3. The highest BCUT2D eigenvalue weighted by Gasteiger charge is 2.70. The van der Waals surface area contributed by atoms with Gasteiger partial charge in [-0.25, -0.2) is 4.98 Å². The van der Waals surface area contributed by atoms with Crippen molar-refractivity contribution < 1.29 is 14.9 Å². The van der Waals surface area contributed by atoms with Crippen molar-refractivity contribution in [2.75, 3.05) is 19.8 Å². The van der Waals surface area contributed by atoms with E-state index in [1.807, 2.05) is 31.3 Å². The number of allylic oxidation sites excluding steroid dienone is 3. The molecule has 5 aliphatic rings. The second-order valence-electron chi connectivity index (χ2n) is 13.4. The fourth-order valence-electron chi connectivity index (χ4n) is 8.84. The Hall–Kier alpha value is -2.51. The van der Waals surface area contributed by atoms with Crippen LogP contribution in [0.2, 0.25) is 0 Å². The quantitative estimate of drug-likeness (QED) is 0.549. The number of benzene rings is 1. The molecule has 0 amide bonds. The van der Waals surface area contributed by atoms with E-state index in [9.17, 15) is 10.2 Å². The summed E-state index contributed by atoms with van der Waals surface area (Å²) in [7, 11) is 3.96. The zero-order valence-electron chi connectivity index (χ0n) is 23.0. The molecule has 1 saturated heterocycles. The van der Waals surface area contributed by atoms with Gasteiger partial charge in [-0.1, -0.05) is 51.1 Å². The molecule has 2 bridgehead atoms. The van der Waals surface area contributed by atoms with E-state index in [1.165, 1.54) is 16.7 Å². The lowest BCUT2D eigenvalue weighted by atomic mass is 9.49. The monoisotopic (exact) mass is 513 g/mol. The lowest BCUT2D eigenvalue weighted by molar-refractivity contribution is -0.170. The Balaban J connectivity index is 1.36. The summed E-state index contributed by atoms with van der Waals surface area (Å²) in [4.78, 5) is 6.29. The lowest BCUT2D eigenvalue weighted by Crippen LogP contribution is -2.63. The Kier molecular flexibility index (Phi) is 4.88. The first kappa shape index (κ1) is 24.5. The van der Waals surface area contributed by atoms with Gasteiger partial charge < -0.3 is 25.6 Å². The van der Waals surface area contributed by atoms with E-state index in [2.05, 4.69) is 62.2 Å². The van der Waals surface area contributed by atoms with Crippen molar-refractivity contribution in [2.24, 2.45) is 16.7 Å². The number of aliphatic hydroxyl groups is 2. The fraction of sp³-hybridized carbons (Fsp3) is 0.531.